The van der Waals surface area contributed by atoms with Crippen LogP contribution >= 0.6 is 7.82 Å². The second-order valence-electron chi connectivity index (χ2n) is 5.26. The molecule has 10 heteroatoms. The Morgan fingerprint density at radius 1 is 1.38 bits per heavy atom. The molecule has 0 aromatic carbocycles. The number of phosphoric ester groups is 1. The number of aliphatic hydroxyl groups excluding tert-OH is 3. The van der Waals surface area contributed by atoms with Crippen LogP contribution < -0.4 is 0 Å². The monoisotopic (exact) mass is 326 g/mol. The lowest BCUT2D eigenvalue weighted by molar-refractivity contribution is -0.147. The number of aliphatic hydroxyl groups is 3. The average Bonchev–Trinajstić information content (AvgIpc) is 2.62. The zero-order valence-corrected chi connectivity index (χ0v) is 13.0. The Hall–Kier alpha value is -1.12. The van der Waals surface area contributed by atoms with Gasteiger partial charge in [0.2, 0.25) is 5.76 Å². The first-order valence-electron chi connectivity index (χ1n) is 6.01. The third-order valence-electron chi connectivity index (χ3n) is 2.30. The highest BCUT2D eigenvalue weighted by Crippen LogP contribution is 2.52. The topological polar surface area (TPSA) is 132 Å². The van der Waals surface area contributed by atoms with Crippen LogP contribution in [-0.2, 0) is 27.7 Å². The van der Waals surface area contributed by atoms with Crippen LogP contribution in [0.15, 0.2) is 11.5 Å². The number of hydrogen-bond acceptors (Lipinski definition) is 9. The molecule has 0 fully saturated rings. The second-order valence-corrected chi connectivity index (χ2v) is 6.96. The minimum absolute atomic E-state index is 0.615. The molecule has 3 atom stereocenters. The van der Waals surface area contributed by atoms with E-state index in [9.17, 15) is 19.6 Å². The molecule has 1 aliphatic heterocycles. The van der Waals surface area contributed by atoms with Gasteiger partial charge in [0.05, 0.1) is 12.2 Å². The quantitative estimate of drug-likeness (QED) is 0.486. The molecule has 9 nitrogen and oxygen atoms in total. The molecule has 21 heavy (non-hydrogen) atoms. The molecule has 0 amide bonds. The van der Waals surface area contributed by atoms with E-state index in [0.29, 0.717) is 0 Å². The largest absolute Gasteiger partial charge is 0.505 e. The van der Waals surface area contributed by atoms with Crippen LogP contribution in [0, 0.1) is 0 Å². The Morgan fingerprint density at radius 2 is 1.95 bits per heavy atom. The average molecular weight is 326 g/mol. The predicted octanol–water partition coefficient (Wildman–Crippen LogP) is 1.19. The molecule has 1 aliphatic rings. The number of rotatable bonds is 6. The molecule has 122 valence electrons. The van der Waals surface area contributed by atoms with Gasteiger partial charge in [0.15, 0.2) is 11.9 Å². The summed E-state index contributed by atoms with van der Waals surface area (Å²) >= 11 is 0. The van der Waals surface area contributed by atoms with Gasteiger partial charge in [0.25, 0.3) is 0 Å². The van der Waals surface area contributed by atoms with Crippen molar-refractivity contribution in [1.82, 2.24) is 0 Å². The van der Waals surface area contributed by atoms with Gasteiger partial charge in [-0.3, -0.25) is 13.6 Å². The normalized spacial score (nSPS) is 23.9. The molecule has 0 spiro atoms. The van der Waals surface area contributed by atoms with E-state index in [0.717, 1.165) is 7.11 Å². The summed E-state index contributed by atoms with van der Waals surface area (Å²) in [6.45, 7) is 4.27. The zero-order valence-electron chi connectivity index (χ0n) is 12.1. The maximum Gasteiger partial charge on any atom is 0.475 e. The van der Waals surface area contributed by atoms with Gasteiger partial charge < -0.3 is 20.1 Å². The highest BCUT2D eigenvalue weighted by Gasteiger charge is 2.41. The summed E-state index contributed by atoms with van der Waals surface area (Å²) < 4.78 is 31.3. The highest BCUT2D eigenvalue weighted by molar-refractivity contribution is 7.48. The fourth-order valence-electron chi connectivity index (χ4n) is 1.43. The zero-order chi connectivity index (χ0) is 16.4. The summed E-state index contributed by atoms with van der Waals surface area (Å²) in [5.74, 6) is -2.97. The van der Waals surface area contributed by atoms with E-state index in [-0.39, 0.29) is 0 Å². The van der Waals surface area contributed by atoms with E-state index in [4.69, 9.17) is 14.2 Å². The van der Waals surface area contributed by atoms with Gasteiger partial charge in [-0.05, 0) is 20.8 Å². The van der Waals surface area contributed by atoms with Crippen molar-refractivity contribution >= 4 is 13.8 Å². The van der Waals surface area contributed by atoms with Gasteiger partial charge >= 0.3 is 13.8 Å². The number of cyclic esters (lactones) is 1. The molecular formula is C11H19O9P. The molecule has 0 saturated heterocycles. The van der Waals surface area contributed by atoms with Gasteiger partial charge in [-0.15, -0.1) is 0 Å². The molecule has 0 aliphatic carbocycles. The molecule has 0 radical (unpaired) electrons. The van der Waals surface area contributed by atoms with E-state index in [1.807, 2.05) is 0 Å². The highest BCUT2D eigenvalue weighted by atomic mass is 31.2. The second kappa shape index (κ2) is 6.33. The summed E-state index contributed by atoms with van der Waals surface area (Å²) in [6, 6.07) is 0. The van der Waals surface area contributed by atoms with Crippen molar-refractivity contribution in [3.63, 3.8) is 0 Å². The Morgan fingerprint density at radius 3 is 2.33 bits per heavy atom. The number of phosphoric acid groups is 1. The predicted molar refractivity (Wildman–Crippen MR) is 69.6 cm³/mol. The van der Waals surface area contributed by atoms with Gasteiger partial charge in [-0.1, -0.05) is 0 Å². The molecule has 0 aromatic rings. The van der Waals surface area contributed by atoms with Gasteiger partial charge in [-0.25, -0.2) is 9.36 Å². The Kier molecular flexibility index (Phi) is 5.40. The molecule has 1 heterocycles. The first-order chi connectivity index (χ1) is 9.49. The van der Waals surface area contributed by atoms with Crippen molar-refractivity contribution in [1.29, 1.82) is 0 Å². The molecule has 0 aromatic heterocycles. The summed E-state index contributed by atoms with van der Waals surface area (Å²) in [4.78, 5) is 11.0. The van der Waals surface area contributed by atoms with Gasteiger partial charge in [-0.2, -0.15) is 0 Å². The van der Waals surface area contributed by atoms with Crippen LogP contribution in [-0.4, -0.2) is 52.8 Å². The maximum absolute atomic E-state index is 12.1. The third kappa shape index (κ3) is 4.69. The van der Waals surface area contributed by atoms with Crippen molar-refractivity contribution in [2.75, 3.05) is 13.7 Å². The van der Waals surface area contributed by atoms with E-state index in [1.165, 1.54) is 0 Å². The summed E-state index contributed by atoms with van der Waals surface area (Å²) in [6.07, 6.45) is -3.07. The van der Waals surface area contributed by atoms with E-state index in [1.54, 1.807) is 20.8 Å². The fourth-order valence-corrected chi connectivity index (χ4v) is 2.67. The van der Waals surface area contributed by atoms with Crippen molar-refractivity contribution in [3.8, 4) is 0 Å². The molecule has 1 unspecified atom stereocenters. The van der Waals surface area contributed by atoms with Gasteiger partial charge in [0, 0.05) is 7.11 Å². The van der Waals surface area contributed by atoms with E-state index in [2.05, 4.69) is 9.26 Å². The number of esters is 1. The molecule has 0 saturated carbocycles. The minimum Gasteiger partial charge on any atom is -0.505 e. The van der Waals surface area contributed by atoms with Crippen LogP contribution in [0.1, 0.15) is 20.8 Å². The molecule has 1 rings (SSSR count). The summed E-state index contributed by atoms with van der Waals surface area (Å²) in [7, 11) is -2.82. The van der Waals surface area contributed by atoms with Crippen molar-refractivity contribution in [2.45, 2.75) is 38.6 Å². The standard InChI is InChI=1S/C11H19O9P/c1-11(2,3)20-21(16,17-4)18-5-6(12)9-7(13)8(14)10(15)19-9/h6,9,12-14H,5H2,1-4H3/t6-,9+,21?/m0/s1. The summed E-state index contributed by atoms with van der Waals surface area (Å²) in [5, 5.41) is 28.3. The van der Waals surface area contributed by atoms with Crippen LogP contribution in [0.4, 0.5) is 0 Å². The Balaban J connectivity index is 2.66. The van der Waals surface area contributed by atoms with Crippen molar-refractivity contribution in [2.24, 2.45) is 0 Å². The molecule has 3 N–H and O–H groups in total. The molecular weight excluding hydrogens is 307 g/mol. The lowest BCUT2D eigenvalue weighted by atomic mass is 10.2. The van der Waals surface area contributed by atoms with E-state index < -0.39 is 49.7 Å². The van der Waals surface area contributed by atoms with Crippen LogP contribution in [0.25, 0.3) is 0 Å². The lowest BCUT2D eigenvalue weighted by Crippen LogP contribution is -2.33. The fraction of sp³-hybridized carbons (Fsp3) is 0.727. The SMILES string of the molecule is COP(=O)(OC[C@H](O)[C@H]1OC(=O)C(O)=C1O)OC(C)(C)C. The smallest absolute Gasteiger partial charge is 0.475 e. The number of carbonyl (C=O) groups is 1. The van der Waals surface area contributed by atoms with Crippen LogP contribution in [0.5, 0.6) is 0 Å². The van der Waals surface area contributed by atoms with Gasteiger partial charge in [0.1, 0.15) is 6.10 Å². The summed E-state index contributed by atoms with van der Waals surface area (Å²) in [5.41, 5.74) is -0.823. The third-order valence-corrected chi connectivity index (χ3v) is 3.99. The van der Waals surface area contributed by atoms with Crippen molar-refractivity contribution < 1.29 is 43.0 Å². The van der Waals surface area contributed by atoms with Crippen LogP contribution in [0.3, 0.4) is 0 Å². The Labute approximate surface area is 121 Å². The number of ether oxygens (including phenoxy) is 1. The van der Waals surface area contributed by atoms with Crippen molar-refractivity contribution in [3.05, 3.63) is 11.5 Å². The first kappa shape index (κ1) is 17.9. The first-order valence-corrected chi connectivity index (χ1v) is 7.47. The lowest BCUT2D eigenvalue weighted by Gasteiger charge is -2.26. The van der Waals surface area contributed by atoms with Crippen LogP contribution in [0.2, 0.25) is 0 Å². The minimum atomic E-state index is -3.93. The Bertz CT molecular complexity index is 479. The van der Waals surface area contributed by atoms with E-state index >= 15 is 0 Å². The molecule has 0 bridgehead atoms. The maximum atomic E-state index is 12.1. The number of hydrogen-bond donors (Lipinski definition) is 3. The number of carbonyl (C=O) groups excluding carboxylic acids is 1.